The number of carbonyl (C=O) groups excluding carboxylic acids is 2. The minimum atomic E-state index is -0.772. The van der Waals surface area contributed by atoms with Crippen molar-refractivity contribution >= 4 is 18.0 Å². The van der Waals surface area contributed by atoms with Gasteiger partial charge in [-0.25, -0.2) is 5.43 Å². The highest BCUT2D eigenvalue weighted by molar-refractivity contribution is 5.89. The number of hydrogen-bond donors (Lipinski definition) is 2. The molecule has 0 bridgehead atoms. The van der Waals surface area contributed by atoms with Crippen LogP contribution in [0.1, 0.15) is 49.4 Å². The molecule has 0 aliphatic rings. The van der Waals surface area contributed by atoms with Crippen molar-refractivity contribution in [3.8, 4) is 23.3 Å². The van der Waals surface area contributed by atoms with E-state index in [0.29, 0.717) is 41.4 Å². The Morgan fingerprint density at radius 1 is 0.976 bits per heavy atom. The third-order valence-corrected chi connectivity index (χ3v) is 5.99. The van der Waals surface area contributed by atoms with E-state index in [4.69, 9.17) is 14.2 Å². The molecule has 0 heterocycles. The fourth-order valence-corrected chi connectivity index (χ4v) is 3.95. The quantitative estimate of drug-likeness (QED) is 0.215. The highest BCUT2D eigenvalue weighted by Gasteiger charge is 2.22. The molecule has 0 saturated heterocycles. The topological polar surface area (TPSA) is 122 Å². The summed E-state index contributed by atoms with van der Waals surface area (Å²) in [4.78, 5) is 25.4. The van der Waals surface area contributed by atoms with E-state index in [0.717, 1.165) is 11.1 Å². The molecule has 0 spiro atoms. The molecule has 0 saturated carbocycles. The van der Waals surface area contributed by atoms with Crippen LogP contribution in [0.2, 0.25) is 0 Å². The number of nitrogens with zero attached hydrogens (tertiary/aromatic N) is 2. The maximum Gasteiger partial charge on any atom is 0.262 e. The number of rotatable bonds is 14. The Hall–Kier alpha value is -4.84. The van der Waals surface area contributed by atoms with Crippen LogP contribution in [-0.4, -0.2) is 37.3 Å². The van der Waals surface area contributed by atoms with Gasteiger partial charge in [0.25, 0.3) is 11.8 Å². The lowest BCUT2D eigenvalue weighted by Crippen LogP contribution is -2.47. The van der Waals surface area contributed by atoms with Crippen molar-refractivity contribution < 1.29 is 23.8 Å². The second-order valence-electron chi connectivity index (χ2n) is 9.73. The highest BCUT2D eigenvalue weighted by atomic mass is 16.5. The van der Waals surface area contributed by atoms with Crippen LogP contribution in [-0.2, 0) is 16.2 Å². The first-order valence-corrected chi connectivity index (χ1v) is 13.5. The number of aryl methyl sites for hydroxylation is 1. The third kappa shape index (κ3) is 9.69. The molecule has 0 aliphatic heterocycles. The number of nitriles is 1. The maximum absolute atomic E-state index is 12.9. The monoisotopic (exact) mass is 556 g/mol. The Kier molecular flexibility index (Phi) is 11.7. The number of para-hydroxylation sites is 1. The summed E-state index contributed by atoms with van der Waals surface area (Å²) in [5.74, 6) is 0.984. The first-order valence-electron chi connectivity index (χ1n) is 13.5. The molecule has 41 heavy (non-hydrogen) atoms. The zero-order valence-electron chi connectivity index (χ0n) is 23.8. The fourth-order valence-electron chi connectivity index (χ4n) is 3.95. The Morgan fingerprint density at radius 2 is 1.73 bits per heavy atom. The molecule has 0 radical (unpaired) electrons. The summed E-state index contributed by atoms with van der Waals surface area (Å²) >= 11 is 0. The molecule has 2 N–H and O–H groups in total. The van der Waals surface area contributed by atoms with Gasteiger partial charge in [0.1, 0.15) is 18.4 Å². The second kappa shape index (κ2) is 15.7. The first-order chi connectivity index (χ1) is 19.8. The van der Waals surface area contributed by atoms with Gasteiger partial charge in [-0.05, 0) is 67.6 Å². The van der Waals surface area contributed by atoms with Crippen molar-refractivity contribution in [2.24, 2.45) is 11.0 Å². The molecule has 0 aliphatic carbocycles. The second-order valence-corrected chi connectivity index (χ2v) is 9.73. The summed E-state index contributed by atoms with van der Waals surface area (Å²) in [5, 5.41) is 16.1. The number of nitrogens with one attached hydrogen (secondary N) is 2. The Morgan fingerprint density at radius 3 is 2.46 bits per heavy atom. The van der Waals surface area contributed by atoms with E-state index in [9.17, 15) is 14.9 Å². The van der Waals surface area contributed by atoms with E-state index >= 15 is 0 Å². The lowest BCUT2D eigenvalue weighted by Gasteiger charge is -2.19. The van der Waals surface area contributed by atoms with Crippen molar-refractivity contribution in [2.75, 3.05) is 13.2 Å². The number of benzene rings is 3. The van der Waals surface area contributed by atoms with Crippen LogP contribution in [0.25, 0.3) is 0 Å². The van der Waals surface area contributed by atoms with E-state index in [1.165, 1.54) is 6.21 Å². The largest absolute Gasteiger partial charge is 0.490 e. The molecule has 3 aromatic rings. The number of hydrogen-bond acceptors (Lipinski definition) is 7. The van der Waals surface area contributed by atoms with Crippen LogP contribution in [0.4, 0.5) is 0 Å². The van der Waals surface area contributed by atoms with Gasteiger partial charge in [0, 0.05) is 5.56 Å². The van der Waals surface area contributed by atoms with Gasteiger partial charge in [-0.2, -0.15) is 10.4 Å². The van der Waals surface area contributed by atoms with Crippen LogP contribution in [0.5, 0.6) is 17.2 Å². The average molecular weight is 557 g/mol. The van der Waals surface area contributed by atoms with Crippen LogP contribution in [0.3, 0.4) is 0 Å². The Balaban J connectivity index is 1.61. The van der Waals surface area contributed by atoms with E-state index in [2.05, 4.69) is 21.9 Å². The van der Waals surface area contributed by atoms with Crippen molar-refractivity contribution in [1.82, 2.24) is 10.7 Å². The van der Waals surface area contributed by atoms with Gasteiger partial charge >= 0.3 is 0 Å². The van der Waals surface area contributed by atoms with Gasteiger partial charge < -0.3 is 19.5 Å². The molecule has 2 amide bonds. The zero-order valence-corrected chi connectivity index (χ0v) is 23.8. The van der Waals surface area contributed by atoms with Crippen LogP contribution in [0.15, 0.2) is 71.8 Å². The predicted molar refractivity (Wildman–Crippen MR) is 157 cm³/mol. The molecule has 1 atom stereocenters. The minimum absolute atomic E-state index is 0.161. The summed E-state index contributed by atoms with van der Waals surface area (Å²) in [6.07, 6.45) is 1.93. The zero-order chi connectivity index (χ0) is 29.6. The summed E-state index contributed by atoms with van der Waals surface area (Å²) in [7, 11) is 0. The van der Waals surface area contributed by atoms with Gasteiger partial charge in [0.05, 0.1) is 24.5 Å². The molecule has 9 heteroatoms. The molecule has 0 fully saturated rings. The molecular weight excluding hydrogens is 520 g/mol. The lowest BCUT2D eigenvalue weighted by molar-refractivity contribution is -0.130. The van der Waals surface area contributed by atoms with E-state index < -0.39 is 17.9 Å². The van der Waals surface area contributed by atoms with Gasteiger partial charge in [-0.3, -0.25) is 9.59 Å². The molecule has 9 nitrogen and oxygen atoms in total. The number of amides is 2. The van der Waals surface area contributed by atoms with Crippen molar-refractivity contribution in [3.63, 3.8) is 0 Å². The predicted octanol–water partition coefficient (Wildman–Crippen LogP) is 4.90. The van der Waals surface area contributed by atoms with Crippen LogP contribution in [0, 0.1) is 24.2 Å². The summed E-state index contributed by atoms with van der Waals surface area (Å²) in [5.41, 5.74) is 5.44. The van der Waals surface area contributed by atoms with Crippen molar-refractivity contribution in [3.05, 3.63) is 89.0 Å². The first kappa shape index (κ1) is 30.7. The normalized spacial score (nSPS) is 11.5. The standard InChI is InChI=1S/C32H36N4O5/c1-5-39-30-17-24(14-15-29(30)40-20-26-12-8-7-11-25(26)18-33)19-34-36-32(38)27(16-22(2)3)35-31(37)21-41-28-13-9-6-10-23(28)4/h6-15,17,19,22,27H,5,16,20-21H2,1-4H3,(H,35,37)(H,36,38)/b34-19-/t27-/m0/s1. The molecule has 3 rings (SSSR count). The number of hydrazone groups is 1. The van der Waals surface area contributed by atoms with Crippen LogP contribution < -0.4 is 25.0 Å². The van der Waals surface area contributed by atoms with Gasteiger partial charge in [0.2, 0.25) is 0 Å². The van der Waals surface area contributed by atoms with Gasteiger partial charge in [0.15, 0.2) is 18.1 Å². The Labute approximate surface area is 241 Å². The van der Waals surface area contributed by atoms with Crippen molar-refractivity contribution in [1.29, 1.82) is 5.26 Å². The number of ether oxygens (including phenoxy) is 3. The summed E-state index contributed by atoms with van der Waals surface area (Å²) in [6.45, 7) is 8.14. The third-order valence-electron chi connectivity index (χ3n) is 5.99. The minimum Gasteiger partial charge on any atom is -0.490 e. The smallest absolute Gasteiger partial charge is 0.262 e. The fraction of sp³-hybridized carbons (Fsp3) is 0.312. The summed E-state index contributed by atoms with van der Waals surface area (Å²) in [6, 6.07) is 21.3. The molecular formula is C32H36N4O5. The lowest BCUT2D eigenvalue weighted by atomic mass is 10.0. The maximum atomic E-state index is 12.9. The molecule has 0 aromatic heterocycles. The van der Waals surface area contributed by atoms with E-state index in [-0.39, 0.29) is 19.1 Å². The van der Waals surface area contributed by atoms with E-state index in [1.807, 2.05) is 58.0 Å². The summed E-state index contributed by atoms with van der Waals surface area (Å²) < 4.78 is 17.3. The van der Waals surface area contributed by atoms with Gasteiger partial charge in [-0.15, -0.1) is 0 Å². The molecule has 3 aromatic carbocycles. The number of carbonyl (C=O) groups is 2. The van der Waals surface area contributed by atoms with E-state index in [1.54, 1.807) is 36.4 Å². The SMILES string of the molecule is CCOc1cc(/C=N\NC(=O)[C@H](CC(C)C)NC(=O)COc2ccccc2C)ccc1OCc1ccccc1C#N. The van der Waals surface area contributed by atoms with Crippen LogP contribution >= 0.6 is 0 Å². The van der Waals surface area contributed by atoms with Crippen molar-refractivity contribution in [2.45, 2.75) is 46.8 Å². The Bertz CT molecular complexity index is 1400. The molecule has 0 unspecified atom stereocenters. The highest BCUT2D eigenvalue weighted by Crippen LogP contribution is 2.29. The molecule has 214 valence electrons. The van der Waals surface area contributed by atoms with Gasteiger partial charge in [-0.1, -0.05) is 50.2 Å². The average Bonchev–Trinajstić information content (AvgIpc) is 2.96.